The van der Waals surface area contributed by atoms with Crippen LogP contribution < -0.4 is 11.1 Å². The third-order valence-electron chi connectivity index (χ3n) is 2.33. The molecular weight excluding hydrogens is 238 g/mol. The molecule has 0 unspecified atom stereocenters. The fourth-order valence-corrected chi connectivity index (χ4v) is 1.67. The molecule has 0 aliphatic heterocycles. The maximum atomic E-state index is 5.78. The van der Waals surface area contributed by atoms with E-state index < -0.39 is 0 Å². The molecular formula is C11H14ClN5. The highest BCUT2D eigenvalue weighted by Gasteiger charge is 2.02. The van der Waals surface area contributed by atoms with Gasteiger partial charge in [-0.3, -0.25) is 4.68 Å². The van der Waals surface area contributed by atoms with Crippen molar-refractivity contribution in [3.05, 3.63) is 35.2 Å². The van der Waals surface area contributed by atoms with Crippen molar-refractivity contribution in [2.24, 2.45) is 7.05 Å². The van der Waals surface area contributed by atoms with Crippen LogP contribution in [0.5, 0.6) is 0 Å². The number of aromatic nitrogens is 3. The van der Waals surface area contributed by atoms with Gasteiger partial charge in [-0.05, 0) is 12.1 Å². The van der Waals surface area contributed by atoms with Gasteiger partial charge in [0.1, 0.15) is 5.82 Å². The molecule has 0 spiro atoms. The first-order valence-corrected chi connectivity index (χ1v) is 5.66. The molecule has 5 nitrogen and oxygen atoms in total. The number of hydrogen-bond donors (Lipinski definition) is 2. The van der Waals surface area contributed by atoms with Gasteiger partial charge in [0.25, 0.3) is 0 Å². The first-order valence-electron chi connectivity index (χ1n) is 5.28. The molecule has 3 N–H and O–H groups in total. The zero-order chi connectivity index (χ0) is 12.3. The Hall–Kier alpha value is -1.75. The largest absolute Gasteiger partial charge is 0.396 e. The second kappa shape index (κ2) is 5.05. The van der Waals surface area contributed by atoms with E-state index in [0.717, 1.165) is 18.7 Å². The molecule has 0 atom stereocenters. The lowest BCUT2D eigenvalue weighted by Crippen LogP contribution is -2.09. The minimum absolute atomic E-state index is 0.540. The molecule has 2 rings (SSSR count). The summed E-state index contributed by atoms with van der Waals surface area (Å²) in [6.07, 6.45) is 4.32. The molecule has 2 aromatic rings. The molecule has 0 fully saturated rings. The summed E-state index contributed by atoms with van der Waals surface area (Å²) in [5.41, 5.74) is 7.36. The SMILES string of the molecule is Cn1ccc(CCNc2ncc(Cl)cc2N)n1. The molecule has 0 amide bonds. The average Bonchev–Trinajstić information content (AvgIpc) is 2.68. The Balaban J connectivity index is 1.90. The van der Waals surface area contributed by atoms with Gasteiger partial charge in [-0.2, -0.15) is 5.10 Å². The Labute approximate surface area is 105 Å². The lowest BCUT2D eigenvalue weighted by atomic mass is 10.3. The van der Waals surface area contributed by atoms with Crippen LogP contribution in [0.2, 0.25) is 5.02 Å². The van der Waals surface area contributed by atoms with E-state index in [1.165, 1.54) is 0 Å². The monoisotopic (exact) mass is 251 g/mol. The van der Waals surface area contributed by atoms with Crippen LogP contribution in [-0.2, 0) is 13.5 Å². The van der Waals surface area contributed by atoms with Crippen LogP contribution in [0.15, 0.2) is 24.5 Å². The smallest absolute Gasteiger partial charge is 0.149 e. The summed E-state index contributed by atoms with van der Waals surface area (Å²) >= 11 is 5.77. The van der Waals surface area contributed by atoms with Crippen molar-refractivity contribution in [1.82, 2.24) is 14.8 Å². The average molecular weight is 252 g/mol. The lowest BCUT2D eigenvalue weighted by molar-refractivity contribution is 0.742. The Kier molecular flexibility index (Phi) is 3.49. The molecule has 2 aromatic heterocycles. The van der Waals surface area contributed by atoms with E-state index in [9.17, 15) is 0 Å². The summed E-state index contributed by atoms with van der Waals surface area (Å²) in [6, 6.07) is 3.66. The van der Waals surface area contributed by atoms with Crippen LogP contribution in [0.25, 0.3) is 0 Å². The maximum Gasteiger partial charge on any atom is 0.149 e. The number of rotatable bonds is 4. The van der Waals surface area contributed by atoms with Gasteiger partial charge in [-0.25, -0.2) is 4.98 Å². The molecule has 90 valence electrons. The summed E-state index contributed by atoms with van der Waals surface area (Å²) in [5.74, 6) is 0.658. The number of aryl methyl sites for hydroxylation is 1. The highest BCUT2D eigenvalue weighted by atomic mass is 35.5. The van der Waals surface area contributed by atoms with E-state index >= 15 is 0 Å². The number of hydrogen-bond acceptors (Lipinski definition) is 4. The molecule has 2 heterocycles. The van der Waals surface area contributed by atoms with Crippen molar-refractivity contribution >= 4 is 23.1 Å². The molecule has 0 saturated carbocycles. The van der Waals surface area contributed by atoms with Gasteiger partial charge in [0.05, 0.1) is 16.4 Å². The van der Waals surface area contributed by atoms with Gasteiger partial charge in [-0.15, -0.1) is 0 Å². The van der Waals surface area contributed by atoms with E-state index in [1.807, 2.05) is 19.3 Å². The first kappa shape index (κ1) is 11.7. The predicted octanol–water partition coefficient (Wildman–Crippen LogP) is 1.71. The number of nitrogens with one attached hydrogen (secondary N) is 1. The second-order valence-electron chi connectivity index (χ2n) is 3.75. The van der Waals surface area contributed by atoms with Gasteiger partial charge >= 0.3 is 0 Å². The number of anilines is 2. The van der Waals surface area contributed by atoms with Crippen molar-refractivity contribution in [3.63, 3.8) is 0 Å². The van der Waals surface area contributed by atoms with Crippen molar-refractivity contribution < 1.29 is 0 Å². The van der Waals surface area contributed by atoms with Gasteiger partial charge in [-0.1, -0.05) is 11.6 Å². The zero-order valence-electron chi connectivity index (χ0n) is 9.52. The molecule has 0 aromatic carbocycles. The third kappa shape index (κ3) is 3.10. The standard InChI is InChI=1S/C11H14ClN5/c1-17-5-3-9(16-17)2-4-14-11-10(13)6-8(12)7-15-11/h3,5-7H,2,4,13H2,1H3,(H,14,15). The van der Waals surface area contributed by atoms with Crippen molar-refractivity contribution in [2.75, 3.05) is 17.6 Å². The van der Waals surface area contributed by atoms with Crippen LogP contribution in [-0.4, -0.2) is 21.3 Å². The molecule has 17 heavy (non-hydrogen) atoms. The number of pyridine rings is 1. The number of nitrogens with two attached hydrogens (primary N) is 1. The normalized spacial score (nSPS) is 10.5. The van der Waals surface area contributed by atoms with Gasteiger partial charge in [0.15, 0.2) is 0 Å². The van der Waals surface area contributed by atoms with Crippen LogP contribution in [0, 0.1) is 0 Å². The van der Waals surface area contributed by atoms with Gasteiger partial charge in [0.2, 0.25) is 0 Å². The second-order valence-corrected chi connectivity index (χ2v) is 4.19. The van der Waals surface area contributed by atoms with E-state index in [-0.39, 0.29) is 0 Å². The Morgan fingerprint density at radius 1 is 1.53 bits per heavy atom. The summed E-state index contributed by atoms with van der Waals surface area (Å²) in [4.78, 5) is 4.12. The number of nitrogens with zero attached hydrogens (tertiary/aromatic N) is 3. The van der Waals surface area contributed by atoms with Crippen LogP contribution >= 0.6 is 11.6 Å². The minimum atomic E-state index is 0.540. The molecule has 0 bridgehead atoms. The minimum Gasteiger partial charge on any atom is -0.396 e. The Morgan fingerprint density at radius 3 is 3.00 bits per heavy atom. The van der Waals surface area contributed by atoms with Crippen molar-refractivity contribution in [3.8, 4) is 0 Å². The zero-order valence-corrected chi connectivity index (χ0v) is 10.3. The molecule has 0 radical (unpaired) electrons. The maximum absolute atomic E-state index is 5.78. The predicted molar refractivity (Wildman–Crippen MR) is 69.1 cm³/mol. The van der Waals surface area contributed by atoms with Gasteiger partial charge < -0.3 is 11.1 Å². The topological polar surface area (TPSA) is 68.8 Å². The third-order valence-corrected chi connectivity index (χ3v) is 2.53. The van der Waals surface area contributed by atoms with Crippen LogP contribution in [0.4, 0.5) is 11.5 Å². The van der Waals surface area contributed by atoms with Crippen LogP contribution in [0.3, 0.4) is 0 Å². The molecule has 0 aliphatic carbocycles. The Bertz CT molecular complexity index is 508. The van der Waals surface area contributed by atoms with Gasteiger partial charge in [0, 0.05) is 32.4 Å². The molecule has 6 heteroatoms. The fraction of sp³-hybridized carbons (Fsp3) is 0.273. The van der Waals surface area contributed by atoms with Crippen LogP contribution in [0.1, 0.15) is 5.69 Å². The Morgan fingerprint density at radius 2 is 2.35 bits per heavy atom. The fourth-order valence-electron chi connectivity index (χ4n) is 1.51. The molecule has 0 saturated heterocycles. The summed E-state index contributed by atoms with van der Waals surface area (Å²) in [5, 5.41) is 7.98. The summed E-state index contributed by atoms with van der Waals surface area (Å²) < 4.78 is 1.78. The van der Waals surface area contributed by atoms with E-state index in [1.54, 1.807) is 16.9 Å². The van der Waals surface area contributed by atoms with E-state index in [2.05, 4.69) is 15.4 Å². The number of halogens is 1. The summed E-state index contributed by atoms with van der Waals surface area (Å²) in [6.45, 7) is 0.732. The van der Waals surface area contributed by atoms with Crippen molar-refractivity contribution in [1.29, 1.82) is 0 Å². The number of nitrogen functional groups attached to an aromatic ring is 1. The lowest BCUT2D eigenvalue weighted by Gasteiger charge is -2.07. The van der Waals surface area contributed by atoms with E-state index in [4.69, 9.17) is 17.3 Å². The summed E-state index contributed by atoms with van der Waals surface area (Å²) in [7, 11) is 1.90. The molecule has 0 aliphatic rings. The quantitative estimate of drug-likeness (QED) is 0.868. The highest BCUT2D eigenvalue weighted by Crippen LogP contribution is 2.19. The first-order chi connectivity index (χ1) is 8.15. The van der Waals surface area contributed by atoms with Crippen molar-refractivity contribution in [2.45, 2.75) is 6.42 Å². The van der Waals surface area contributed by atoms with E-state index in [0.29, 0.717) is 16.5 Å². The highest BCUT2D eigenvalue weighted by molar-refractivity contribution is 6.30.